The normalized spacial score (nSPS) is 24.4. The predicted octanol–water partition coefficient (Wildman–Crippen LogP) is 1.84. The van der Waals surface area contributed by atoms with Crippen LogP contribution in [0.2, 0.25) is 0 Å². The first-order valence-corrected chi connectivity index (χ1v) is 10.5. The molecule has 0 aromatic carbocycles. The van der Waals surface area contributed by atoms with E-state index in [-0.39, 0.29) is 12.5 Å². The molecular weight excluding hydrogens is 386 g/mol. The summed E-state index contributed by atoms with van der Waals surface area (Å²) in [7, 11) is 0. The molecule has 0 saturated carbocycles. The van der Waals surface area contributed by atoms with Crippen LogP contribution in [0.5, 0.6) is 0 Å². The highest BCUT2D eigenvalue weighted by Crippen LogP contribution is 2.31. The summed E-state index contributed by atoms with van der Waals surface area (Å²) in [6.07, 6.45) is 0.407. The second-order valence-electron chi connectivity index (χ2n) is 7.28. The van der Waals surface area contributed by atoms with Crippen molar-refractivity contribution in [2.24, 2.45) is 5.92 Å². The SMILES string of the molecule is CC(=O)OCC1SCC(NC(=O)CCCC(C)C)C(OC(C)=O)C1OC(C)=O. The molecule has 0 aromatic heterocycles. The molecule has 0 spiro atoms. The fourth-order valence-electron chi connectivity index (χ4n) is 2.95. The van der Waals surface area contributed by atoms with E-state index < -0.39 is 41.4 Å². The van der Waals surface area contributed by atoms with Crippen molar-refractivity contribution in [2.45, 2.75) is 77.4 Å². The zero-order chi connectivity index (χ0) is 21.3. The molecule has 1 aliphatic rings. The number of carbonyl (C=O) groups excluding carboxylic acids is 4. The quantitative estimate of drug-likeness (QED) is 0.447. The van der Waals surface area contributed by atoms with Crippen molar-refractivity contribution in [3.8, 4) is 0 Å². The van der Waals surface area contributed by atoms with E-state index >= 15 is 0 Å². The lowest BCUT2D eigenvalue weighted by molar-refractivity contribution is -0.169. The molecule has 0 bridgehead atoms. The van der Waals surface area contributed by atoms with Gasteiger partial charge in [-0.1, -0.05) is 20.3 Å². The van der Waals surface area contributed by atoms with Gasteiger partial charge in [0.05, 0.1) is 11.3 Å². The monoisotopic (exact) mass is 417 g/mol. The van der Waals surface area contributed by atoms with Crippen LogP contribution in [0.3, 0.4) is 0 Å². The number of hydrogen-bond donors (Lipinski definition) is 1. The van der Waals surface area contributed by atoms with Crippen molar-refractivity contribution in [3.05, 3.63) is 0 Å². The molecule has 0 aliphatic carbocycles. The van der Waals surface area contributed by atoms with Crippen LogP contribution in [0, 0.1) is 5.92 Å². The number of esters is 3. The number of carbonyl (C=O) groups is 4. The van der Waals surface area contributed by atoms with Crippen molar-refractivity contribution >= 4 is 35.6 Å². The Hall–Kier alpha value is -1.77. The molecule has 4 atom stereocenters. The molecule has 160 valence electrons. The van der Waals surface area contributed by atoms with Crippen LogP contribution >= 0.6 is 11.8 Å². The second-order valence-corrected chi connectivity index (χ2v) is 8.55. The number of thioether (sulfide) groups is 1. The Labute approximate surface area is 170 Å². The minimum Gasteiger partial charge on any atom is -0.465 e. The van der Waals surface area contributed by atoms with Gasteiger partial charge in [-0.2, -0.15) is 0 Å². The van der Waals surface area contributed by atoms with Crippen LogP contribution in [-0.2, 0) is 33.4 Å². The summed E-state index contributed by atoms with van der Waals surface area (Å²) in [4.78, 5) is 46.7. The number of ether oxygens (including phenoxy) is 3. The predicted molar refractivity (Wildman–Crippen MR) is 105 cm³/mol. The van der Waals surface area contributed by atoms with Crippen LogP contribution in [0.25, 0.3) is 0 Å². The average molecular weight is 418 g/mol. The van der Waals surface area contributed by atoms with E-state index in [0.717, 1.165) is 12.8 Å². The van der Waals surface area contributed by atoms with Gasteiger partial charge in [-0.15, -0.1) is 11.8 Å². The lowest BCUT2D eigenvalue weighted by Gasteiger charge is -2.40. The summed E-state index contributed by atoms with van der Waals surface area (Å²) in [5.41, 5.74) is 0. The van der Waals surface area contributed by atoms with E-state index in [1.165, 1.54) is 32.5 Å². The molecule has 28 heavy (non-hydrogen) atoms. The third-order valence-corrected chi connectivity index (χ3v) is 5.55. The van der Waals surface area contributed by atoms with Crippen LogP contribution in [-0.4, -0.2) is 59.7 Å². The number of nitrogens with one attached hydrogen (secondary N) is 1. The van der Waals surface area contributed by atoms with Gasteiger partial charge in [-0.3, -0.25) is 19.2 Å². The Bertz CT molecular complexity index is 566. The first-order valence-electron chi connectivity index (χ1n) is 9.49. The van der Waals surface area contributed by atoms with Crippen molar-refractivity contribution in [1.82, 2.24) is 5.32 Å². The largest absolute Gasteiger partial charge is 0.465 e. The molecule has 1 rings (SSSR count). The van der Waals surface area contributed by atoms with Crippen LogP contribution < -0.4 is 5.32 Å². The highest BCUT2D eigenvalue weighted by atomic mass is 32.2. The highest BCUT2D eigenvalue weighted by Gasteiger charge is 2.45. The summed E-state index contributed by atoms with van der Waals surface area (Å²) >= 11 is 1.40. The number of hydrogen-bond acceptors (Lipinski definition) is 8. The molecule has 1 heterocycles. The Morgan fingerprint density at radius 1 is 1.00 bits per heavy atom. The number of amides is 1. The van der Waals surface area contributed by atoms with Crippen molar-refractivity contribution < 1.29 is 33.4 Å². The molecule has 1 fully saturated rings. The highest BCUT2D eigenvalue weighted by molar-refractivity contribution is 8.00. The fraction of sp³-hybridized carbons (Fsp3) is 0.789. The molecule has 4 unspecified atom stereocenters. The zero-order valence-electron chi connectivity index (χ0n) is 17.2. The van der Waals surface area contributed by atoms with Crippen LogP contribution in [0.1, 0.15) is 53.9 Å². The maximum Gasteiger partial charge on any atom is 0.303 e. The van der Waals surface area contributed by atoms with Gasteiger partial charge in [0.1, 0.15) is 6.61 Å². The van der Waals surface area contributed by atoms with E-state index in [0.29, 0.717) is 18.1 Å². The fourth-order valence-corrected chi connectivity index (χ4v) is 4.24. The summed E-state index contributed by atoms with van der Waals surface area (Å²) in [5, 5.41) is 2.50. The maximum atomic E-state index is 12.3. The zero-order valence-corrected chi connectivity index (χ0v) is 18.0. The van der Waals surface area contributed by atoms with Crippen molar-refractivity contribution in [1.29, 1.82) is 0 Å². The molecular formula is C19H31NO7S. The smallest absolute Gasteiger partial charge is 0.303 e. The second kappa shape index (κ2) is 11.9. The lowest BCUT2D eigenvalue weighted by atomic mass is 10.0. The van der Waals surface area contributed by atoms with E-state index in [9.17, 15) is 19.2 Å². The first kappa shape index (κ1) is 24.3. The molecule has 0 radical (unpaired) electrons. The average Bonchev–Trinajstić information content (AvgIpc) is 2.55. The molecule has 1 N–H and O–H groups in total. The van der Waals surface area contributed by atoms with Gasteiger partial charge in [-0.05, 0) is 12.3 Å². The maximum absolute atomic E-state index is 12.3. The summed E-state index contributed by atoms with van der Waals surface area (Å²) in [6.45, 7) is 8.02. The third kappa shape index (κ3) is 8.95. The Morgan fingerprint density at radius 3 is 2.14 bits per heavy atom. The Morgan fingerprint density at radius 2 is 1.61 bits per heavy atom. The van der Waals surface area contributed by atoms with Gasteiger partial charge < -0.3 is 19.5 Å². The molecule has 0 aromatic rings. The van der Waals surface area contributed by atoms with E-state index in [1.807, 2.05) is 0 Å². The van der Waals surface area contributed by atoms with Gasteiger partial charge in [-0.25, -0.2) is 0 Å². The molecule has 9 heteroatoms. The topological polar surface area (TPSA) is 108 Å². The van der Waals surface area contributed by atoms with Gasteiger partial charge in [0.2, 0.25) is 5.91 Å². The molecule has 1 saturated heterocycles. The number of rotatable bonds is 9. The van der Waals surface area contributed by atoms with E-state index in [4.69, 9.17) is 14.2 Å². The van der Waals surface area contributed by atoms with E-state index in [1.54, 1.807) is 0 Å². The van der Waals surface area contributed by atoms with E-state index in [2.05, 4.69) is 19.2 Å². The first-order chi connectivity index (χ1) is 13.1. The summed E-state index contributed by atoms with van der Waals surface area (Å²) in [5.74, 6) is -0.714. The summed E-state index contributed by atoms with van der Waals surface area (Å²) in [6, 6.07) is -0.502. The molecule has 1 amide bonds. The molecule has 8 nitrogen and oxygen atoms in total. The van der Waals surface area contributed by atoms with Crippen molar-refractivity contribution in [3.63, 3.8) is 0 Å². The van der Waals surface area contributed by atoms with Gasteiger partial charge >= 0.3 is 17.9 Å². The minimum atomic E-state index is -0.850. The standard InChI is InChI=1S/C19H31NO7S/c1-11(2)7-6-8-17(24)20-15-10-28-16(9-25-12(3)21)19(27-14(5)23)18(15)26-13(4)22/h11,15-16,18-19H,6-10H2,1-5H3,(H,20,24). The van der Waals surface area contributed by atoms with Gasteiger partial charge in [0.25, 0.3) is 0 Å². The van der Waals surface area contributed by atoms with Gasteiger partial charge in [0, 0.05) is 32.9 Å². The van der Waals surface area contributed by atoms with Crippen molar-refractivity contribution in [2.75, 3.05) is 12.4 Å². The third-order valence-electron chi connectivity index (χ3n) is 4.16. The van der Waals surface area contributed by atoms with Crippen LogP contribution in [0.15, 0.2) is 0 Å². The Balaban J connectivity index is 2.88. The van der Waals surface area contributed by atoms with Gasteiger partial charge in [0.15, 0.2) is 12.2 Å². The summed E-state index contributed by atoms with van der Waals surface area (Å²) < 4.78 is 15.9. The Kier molecular flexibility index (Phi) is 10.3. The minimum absolute atomic E-state index is 0.0186. The van der Waals surface area contributed by atoms with Crippen LogP contribution in [0.4, 0.5) is 0 Å². The lowest BCUT2D eigenvalue weighted by Crippen LogP contribution is -2.59. The molecule has 1 aliphatic heterocycles.